The minimum absolute atomic E-state index is 0.116. The Morgan fingerprint density at radius 2 is 1.63 bits per heavy atom. The van der Waals surface area contributed by atoms with Gasteiger partial charge in [0.25, 0.3) is 5.91 Å². The van der Waals surface area contributed by atoms with E-state index in [0.717, 1.165) is 41.3 Å². The van der Waals surface area contributed by atoms with Crippen LogP contribution in [0.5, 0.6) is 0 Å². The van der Waals surface area contributed by atoms with Crippen molar-refractivity contribution in [2.75, 3.05) is 23.3 Å². The lowest BCUT2D eigenvalue weighted by Crippen LogP contribution is -2.21. The highest BCUT2D eigenvalue weighted by molar-refractivity contribution is 6.04. The normalized spacial score (nSPS) is 10.5. The van der Waals surface area contributed by atoms with Gasteiger partial charge < -0.3 is 10.2 Å². The number of hydrogen-bond donors (Lipinski definition) is 1. The van der Waals surface area contributed by atoms with Gasteiger partial charge in [0.2, 0.25) is 0 Å². The van der Waals surface area contributed by atoms with Gasteiger partial charge in [-0.15, -0.1) is 0 Å². The van der Waals surface area contributed by atoms with Gasteiger partial charge in [-0.1, -0.05) is 12.1 Å². The number of anilines is 2. The van der Waals surface area contributed by atoms with Gasteiger partial charge in [0, 0.05) is 41.8 Å². The van der Waals surface area contributed by atoms with E-state index in [2.05, 4.69) is 29.0 Å². The van der Waals surface area contributed by atoms with Crippen LogP contribution in [0.1, 0.15) is 29.8 Å². The predicted octanol–water partition coefficient (Wildman–Crippen LogP) is 5.16. The SMILES string of the molecule is CCN(CC)c1ccc(NC(=O)c2ccc(-c3cc(C)ccn3)cc2)cc1. The van der Waals surface area contributed by atoms with Crippen molar-refractivity contribution in [1.82, 2.24) is 4.98 Å². The van der Waals surface area contributed by atoms with Crippen LogP contribution in [-0.4, -0.2) is 24.0 Å². The van der Waals surface area contributed by atoms with Crippen LogP contribution in [0.3, 0.4) is 0 Å². The Labute approximate surface area is 160 Å². The van der Waals surface area contributed by atoms with Crippen LogP contribution in [-0.2, 0) is 0 Å². The first kappa shape index (κ1) is 18.6. The van der Waals surface area contributed by atoms with E-state index in [0.29, 0.717) is 5.56 Å². The molecule has 0 atom stereocenters. The van der Waals surface area contributed by atoms with E-state index in [9.17, 15) is 4.79 Å². The van der Waals surface area contributed by atoms with E-state index in [1.807, 2.05) is 67.6 Å². The van der Waals surface area contributed by atoms with Gasteiger partial charge in [-0.3, -0.25) is 9.78 Å². The molecule has 0 aliphatic carbocycles. The molecule has 0 unspecified atom stereocenters. The second kappa shape index (κ2) is 8.49. The van der Waals surface area contributed by atoms with Gasteiger partial charge in [0.05, 0.1) is 5.69 Å². The van der Waals surface area contributed by atoms with E-state index < -0.39 is 0 Å². The third-order valence-corrected chi connectivity index (χ3v) is 4.61. The van der Waals surface area contributed by atoms with Crippen molar-refractivity contribution in [3.63, 3.8) is 0 Å². The molecule has 1 amide bonds. The number of pyridine rings is 1. The predicted molar refractivity (Wildman–Crippen MR) is 112 cm³/mol. The van der Waals surface area contributed by atoms with Gasteiger partial charge in [-0.25, -0.2) is 0 Å². The monoisotopic (exact) mass is 359 g/mol. The lowest BCUT2D eigenvalue weighted by atomic mass is 10.1. The van der Waals surface area contributed by atoms with Crippen molar-refractivity contribution in [1.29, 1.82) is 0 Å². The first-order valence-electron chi connectivity index (χ1n) is 9.30. The van der Waals surface area contributed by atoms with Crippen LogP contribution in [0, 0.1) is 6.92 Å². The molecule has 0 saturated heterocycles. The standard InChI is InChI=1S/C23H25N3O/c1-4-26(5-2)21-12-10-20(11-13-21)25-23(27)19-8-6-18(7-9-19)22-16-17(3)14-15-24-22/h6-16H,4-5H2,1-3H3,(H,25,27). The quantitative estimate of drug-likeness (QED) is 0.661. The highest BCUT2D eigenvalue weighted by Gasteiger charge is 2.08. The molecule has 138 valence electrons. The molecular weight excluding hydrogens is 334 g/mol. The second-order valence-corrected chi connectivity index (χ2v) is 6.47. The number of aryl methyl sites for hydroxylation is 1. The maximum Gasteiger partial charge on any atom is 0.255 e. The molecule has 3 rings (SSSR count). The number of nitrogens with zero attached hydrogens (tertiary/aromatic N) is 2. The molecule has 27 heavy (non-hydrogen) atoms. The van der Waals surface area contributed by atoms with Gasteiger partial charge in [-0.2, -0.15) is 0 Å². The molecule has 0 aliphatic rings. The first-order valence-corrected chi connectivity index (χ1v) is 9.30. The number of rotatable bonds is 6. The number of carbonyl (C=O) groups excluding carboxylic acids is 1. The van der Waals surface area contributed by atoms with Gasteiger partial charge in [0.15, 0.2) is 0 Å². The van der Waals surface area contributed by atoms with Crippen LogP contribution < -0.4 is 10.2 Å². The van der Waals surface area contributed by atoms with E-state index in [-0.39, 0.29) is 5.91 Å². The molecule has 4 nitrogen and oxygen atoms in total. The summed E-state index contributed by atoms with van der Waals surface area (Å²) in [5, 5.41) is 2.96. The number of aromatic nitrogens is 1. The molecule has 0 radical (unpaired) electrons. The second-order valence-electron chi connectivity index (χ2n) is 6.47. The van der Waals surface area contributed by atoms with Crippen LogP contribution in [0.2, 0.25) is 0 Å². The molecule has 0 aliphatic heterocycles. The Bertz CT molecular complexity index is 898. The summed E-state index contributed by atoms with van der Waals surface area (Å²) < 4.78 is 0. The maximum absolute atomic E-state index is 12.5. The summed E-state index contributed by atoms with van der Waals surface area (Å²) in [5.41, 5.74) is 5.65. The lowest BCUT2D eigenvalue weighted by Gasteiger charge is -2.21. The first-order chi connectivity index (χ1) is 13.1. The highest BCUT2D eigenvalue weighted by Crippen LogP contribution is 2.20. The molecule has 0 saturated carbocycles. The number of amides is 1. The molecule has 0 spiro atoms. The van der Waals surface area contributed by atoms with Crippen LogP contribution in [0.4, 0.5) is 11.4 Å². The van der Waals surface area contributed by atoms with E-state index in [4.69, 9.17) is 0 Å². The number of carbonyl (C=O) groups is 1. The molecule has 2 aromatic carbocycles. The highest BCUT2D eigenvalue weighted by atomic mass is 16.1. The van der Waals surface area contributed by atoms with E-state index in [1.54, 1.807) is 6.20 Å². The van der Waals surface area contributed by atoms with Gasteiger partial charge >= 0.3 is 0 Å². The van der Waals surface area contributed by atoms with Crippen molar-refractivity contribution in [2.45, 2.75) is 20.8 Å². The molecule has 1 N–H and O–H groups in total. The Hall–Kier alpha value is -3.14. The Morgan fingerprint density at radius 3 is 2.22 bits per heavy atom. The molecule has 3 aromatic rings. The fourth-order valence-corrected chi connectivity index (χ4v) is 3.03. The summed E-state index contributed by atoms with van der Waals surface area (Å²) in [5.74, 6) is -0.116. The number of nitrogens with one attached hydrogen (secondary N) is 1. The molecular formula is C23H25N3O. The average molecular weight is 359 g/mol. The smallest absolute Gasteiger partial charge is 0.255 e. The van der Waals surface area contributed by atoms with Gasteiger partial charge in [-0.05, 0) is 74.9 Å². The summed E-state index contributed by atoms with van der Waals surface area (Å²) in [7, 11) is 0. The molecule has 1 heterocycles. The Morgan fingerprint density at radius 1 is 0.963 bits per heavy atom. The fourth-order valence-electron chi connectivity index (χ4n) is 3.03. The average Bonchev–Trinajstić information content (AvgIpc) is 2.70. The van der Waals surface area contributed by atoms with Crippen molar-refractivity contribution in [3.8, 4) is 11.3 Å². The summed E-state index contributed by atoms with van der Waals surface area (Å²) in [4.78, 5) is 19.2. The van der Waals surface area contributed by atoms with Crippen LogP contribution in [0.25, 0.3) is 11.3 Å². The third kappa shape index (κ3) is 4.53. The van der Waals surface area contributed by atoms with Crippen molar-refractivity contribution in [2.24, 2.45) is 0 Å². The van der Waals surface area contributed by atoms with Crippen molar-refractivity contribution in [3.05, 3.63) is 78.0 Å². The fraction of sp³-hybridized carbons (Fsp3) is 0.217. The Balaban J connectivity index is 1.69. The van der Waals surface area contributed by atoms with E-state index in [1.165, 1.54) is 0 Å². The van der Waals surface area contributed by atoms with Crippen molar-refractivity contribution < 1.29 is 4.79 Å². The maximum atomic E-state index is 12.5. The van der Waals surface area contributed by atoms with E-state index >= 15 is 0 Å². The summed E-state index contributed by atoms with van der Waals surface area (Å²) in [6, 6.07) is 19.5. The minimum atomic E-state index is -0.116. The Kier molecular flexibility index (Phi) is 5.87. The lowest BCUT2D eigenvalue weighted by molar-refractivity contribution is 0.102. The van der Waals surface area contributed by atoms with Crippen molar-refractivity contribution >= 4 is 17.3 Å². The molecule has 0 bridgehead atoms. The number of benzene rings is 2. The zero-order valence-corrected chi connectivity index (χ0v) is 16.1. The summed E-state index contributed by atoms with van der Waals surface area (Å²) >= 11 is 0. The largest absolute Gasteiger partial charge is 0.372 e. The third-order valence-electron chi connectivity index (χ3n) is 4.61. The van der Waals surface area contributed by atoms with Gasteiger partial charge in [0.1, 0.15) is 0 Å². The van der Waals surface area contributed by atoms with Crippen LogP contribution >= 0.6 is 0 Å². The zero-order valence-electron chi connectivity index (χ0n) is 16.1. The van der Waals surface area contributed by atoms with Crippen LogP contribution in [0.15, 0.2) is 66.9 Å². The molecule has 4 heteroatoms. The molecule has 0 fully saturated rings. The summed E-state index contributed by atoms with van der Waals surface area (Å²) in [6.07, 6.45) is 1.80. The zero-order chi connectivity index (χ0) is 19.2. The minimum Gasteiger partial charge on any atom is -0.372 e. The summed E-state index contributed by atoms with van der Waals surface area (Å²) in [6.45, 7) is 8.23. The topological polar surface area (TPSA) is 45.2 Å². The molecule has 1 aromatic heterocycles. The number of hydrogen-bond acceptors (Lipinski definition) is 3.